The van der Waals surface area contributed by atoms with Crippen LogP contribution in [0.3, 0.4) is 0 Å². The van der Waals surface area contributed by atoms with Crippen LogP contribution < -0.4 is 5.32 Å². The highest BCUT2D eigenvalue weighted by atomic mass is 19.4. The van der Waals surface area contributed by atoms with Crippen molar-refractivity contribution in [1.82, 2.24) is 10.2 Å². The Morgan fingerprint density at radius 3 is 1.85 bits per heavy atom. The number of carboxylic acid groups (broad SMARTS) is 1. The molecule has 0 aliphatic heterocycles. The second-order valence-corrected chi connectivity index (χ2v) is 4.64. The minimum absolute atomic E-state index is 0.262. The van der Waals surface area contributed by atoms with Crippen molar-refractivity contribution in [3.8, 4) is 0 Å². The van der Waals surface area contributed by atoms with Crippen LogP contribution in [0.4, 0.5) is 18.0 Å². The molecule has 0 aromatic rings. The van der Waals surface area contributed by atoms with Crippen LogP contribution >= 0.6 is 0 Å². The first-order valence-corrected chi connectivity index (χ1v) is 6.44. The van der Waals surface area contributed by atoms with Gasteiger partial charge in [-0.1, -0.05) is 20.8 Å². The van der Waals surface area contributed by atoms with E-state index < -0.39 is 36.8 Å². The summed E-state index contributed by atoms with van der Waals surface area (Å²) in [6, 6.07) is -1.00. The molecule has 0 rings (SSSR count). The molecule has 2 amide bonds. The number of alkyl halides is 3. The molecule has 8 heteroatoms. The van der Waals surface area contributed by atoms with Gasteiger partial charge in [0.15, 0.2) is 0 Å². The van der Waals surface area contributed by atoms with Gasteiger partial charge in [0, 0.05) is 5.54 Å². The quantitative estimate of drug-likeness (QED) is 0.759. The average Bonchev–Trinajstić information content (AvgIpc) is 2.33. The van der Waals surface area contributed by atoms with Crippen molar-refractivity contribution in [1.29, 1.82) is 0 Å². The summed E-state index contributed by atoms with van der Waals surface area (Å²) in [6.07, 6.45) is -2.98. The number of amides is 2. The minimum Gasteiger partial charge on any atom is -0.480 e. The third-order valence-electron chi connectivity index (χ3n) is 3.39. The molecule has 0 saturated heterocycles. The van der Waals surface area contributed by atoms with Gasteiger partial charge in [-0.15, -0.1) is 0 Å². The van der Waals surface area contributed by atoms with Crippen molar-refractivity contribution in [2.45, 2.75) is 51.7 Å². The van der Waals surface area contributed by atoms with E-state index in [1.807, 2.05) is 20.8 Å². The zero-order valence-corrected chi connectivity index (χ0v) is 11.9. The SMILES string of the molecule is CCC(CC)(CC)NC(=O)N(CC(=O)O)CC(F)(F)F. The summed E-state index contributed by atoms with van der Waals surface area (Å²) in [5.41, 5.74) is -0.612. The van der Waals surface area contributed by atoms with E-state index in [0.717, 1.165) is 0 Å². The van der Waals surface area contributed by atoms with E-state index in [-0.39, 0.29) is 4.90 Å². The fourth-order valence-corrected chi connectivity index (χ4v) is 1.90. The van der Waals surface area contributed by atoms with Gasteiger partial charge in [0.05, 0.1) is 0 Å². The van der Waals surface area contributed by atoms with Gasteiger partial charge >= 0.3 is 18.2 Å². The van der Waals surface area contributed by atoms with Crippen LogP contribution in [0.1, 0.15) is 40.0 Å². The van der Waals surface area contributed by atoms with Gasteiger partial charge in [-0.3, -0.25) is 4.79 Å². The maximum absolute atomic E-state index is 12.4. The molecule has 0 atom stereocenters. The first kappa shape index (κ1) is 18.5. The highest BCUT2D eigenvalue weighted by molar-refractivity contribution is 5.80. The number of halogens is 3. The third-order valence-corrected chi connectivity index (χ3v) is 3.39. The first-order chi connectivity index (χ1) is 9.09. The van der Waals surface area contributed by atoms with Crippen LogP contribution in [0.15, 0.2) is 0 Å². The maximum atomic E-state index is 12.4. The summed E-state index contributed by atoms with van der Waals surface area (Å²) in [7, 11) is 0. The van der Waals surface area contributed by atoms with Gasteiger partial charge in [0.2, 0.25) is 0 Å². The fourth-order valence-electron chi connectivity index (χ4n) is 1.90. The standard InChI is InChI=1S/C12H21F3N2O3/c1-4-11(5-2,6-3)16-10(20)17(7-9(18)19)8-12(13,14)15/h4-8H2,1-3H3,(H,16,20)(H,18,19). The van der Waals surface area contributed by atoms with E-state index in [2.05, 4.69) is 5.32 Å². The fraction of sp³-hybridized carbons (Fsp3) is 0.833. The van der Waals surface area contributed by atoms with Crippen LogP contribution in [-0.4, -0.2) is 46.8 Å². The highest BCUT2D eigenvalue weighted by Crippen LogP contribution is 2.21. The lowest BCUT2D eigenvalue weighted by atomic mass is 9.90. The number of urea groups is 1. The Balaban J connectivity index is 4.99. The summed E-state index contributed by atoms with van der Waals surface area (Å²) in [6.45, 7) is 2.88. The summed E-state index contributed by atoms with van der Waals surface area (Å²) in [5.74, 6) is -1.49. The smallest absolute Gasteiger partial charge is 0.406 e. The van der Waals surface area contributed by atoms with Crippen LogP contribution in [0.5, 0.6) is 0 Å². The number of carboxylic acids is 1. The topological polar surface area (TPSA) is 69.6 Å². The summed E-state index contributed by atoms with van der Waals surface area (Å²) in [4.78, 5) is 22.7. The zero-order valence-electron chi connectivity index (χ0n) is 11.9. The van der Waals surface area contributed by atoms with Gasteiger partial charge in [-0.2, -0.15) is 13.2 Å². The van der Waals surface area contributed by atoms with Crippen LogP contribution in [-0.2, 0) is 4.79 Å². The van der Waals surface area contributed by atoms with Crippen LogP contribution in [0.2, 0.25) is 0 Å². The predicted octanol–water partition coefficient (Wildman–Crippen LogP) is 2.61. The molecule has 0 aliphatic rings. The van der Waals surface area contributed by atoms with Crippen molar-refractivity contribution < 1.29 is 27.9 Å². The second kappa shape index (κ2) is 7.35. The Morgan fingerprint density at radius 1 is 1.10 bits per heavy atom. The van der Waals surface area contributed by atoms with Crippen molar-refractivity contribution in [3.63, 3.8) is 0 Å². The average molecular weight is 298 g/mol. The molecule has 0 aromatic carbocycles. The number of rotatable bonds is 7. The predicted molar refractivity (Wildman–Crippen MR) is 67.4 cm³/mol. The number of nitrogens with zero attached hydrogens (tertiary/aromatic N) is 1. The maximum Gasteiger partial charge on any atom is 0.406 e. The number of aliphatic carboxylic acids is 1. The Bertz CT molecular complexity index is 333. The summed E-state index contributed by atoms with van der Waals surface area (Å²) < 4.78 is 37.1. The lowest BCUT2D eigenvalue weighted by Crippen LogP contribution is -2.55. The monoisotopic (exact) mass is 298 g/mol. The molecule has 0 radical (unpaired) electrons. The van der Waals surface area contributed by atoms with Crippen molar-refractivity contribution in [2.75, 3.05) is 13.1 Å². The van der Waals surface area contributed by atoms with Crippen LogP contribution in [0.25, 0.3) is 0 Å². The van der Waals surface area contributed by atoms with Gasteiger partial charge in [-0.25, -0.2) is 4.79 Å². The molecule has 2 N–H and O–H groups in total. The van der Waals surface area contributed by atoms with Crippen molar-refractivity contribution in [2.24, 2.45) is 0 Å². The third kappa shape index (κ3) is 6.12. The molecule has 0 fully saturated rings. The molecule has 0 aromatic heterocycles. The normalized spacial score (nSPS) is 12.1. The molecule has 0 saturated carbocycles. The Hall–Kier alpha value is -1.47. The molecule has 20 heavy (non-hydrogen) atoms. The van der Waals surface area contributed by atoms with Gasteiger partial charge in [0.1, 0.15) is 13.1 Å². The Labute approximate surface area is 116 Å². The minimum atomic E-state index is -4.64. The van der Waals surface area contributed by atoms with E-state index in [1.54, 1.807) is 0 Å². The molecular weight excluding hydrogens is 277 g/mol. The number of nitrogens with one attached hydrogen (secondary N) is 1. The Morgan fingerprint density at radius 2 is 1.55 bits per heavy atom. The van der Waals surface area contributed by atoms with E-state index in [1.165, 1.54) is 0 Å². The lowest BCUT2D eigenvalue weighted by Gasteiger charge is -2.34. The molecule has 0 heterocycles. The Kier molecular flexibility index (Phi) is 6.81. The van der Waals surface area contributed by atoms with Crippen molar-refractivity contribution in [3.05, 3.63) is 0 Å². The van der Waals surface area contributed by atoms with E-state index in [0.29, 0.717) is 19.3 Å². The second-order valence-electron chi connectivity index (χ2n) is 4.64. The molecular formula is C12H21F3N2O3. The van der Waals surface area contributed by atoms with Crippen molar-refractivity contribution >= 4 is 12.0 Å². The highest BCUT2D eigenvalue weighted by Gasteiger charge is 2.36. The van der Waals surface area contributed by atoms with Gasteiger partial charge in [-0.05, 0) is 19.3 Å². The van der Waals surface area contributed by atoms with Gasteiger partial charge in [0.25, 0.3) is 0 Å². The summed E-state index contributed by atoms with van der Waals surface area (Å²) in [5, 5.41) is 11.1. The molecule has 0 aliphatic carbocycles. The summed E-state index contributed by atoms with van der Waals surface area (Å²) >= 11 is 0. The molecule has 0 bridgehead atoms. The molecule has 0 unspecified atom stereocenters. The van der Waals surface area contributed by atoms with E-state index in [4.69, 9.17) is 5.11 Å². The molecule has 118 valence electrons. The van der Waals surface area contributed by atoms with Gasteiger partial charge < -0.3 is 15.3 Å². The number of carbonyl (C=O) groups is 2. The number of hydrogen-bond donors (Lipinski definition) is 2. The first-order valence-electron chi connectivity index (χ1n) is 6.44. The molecule has 5 nitrogen and oxygen atoms in total. The molecule has 0 spiro atoms. The lowest BCUT2D eigenvalue weighted by molar-refractivity contribution is -0.149. The number of hydrogen-bond acceptors (Lipinski definition) is 2. The zero-order chi connectivity index (χ0) is 16.0. The van der Waals surface area contributed by atoms with Crippen LogP contribution in [0, 0.1) is 0 Å². The van der Waals surface area contributed by atoms with E-state index >= 15 is 0 Å². The van der Waals surface area contributed by atoms with E-state index in [9.17, 15) is 22.8 Å². The largest absolute Gasteiger partial charge is 0.480 e. The number of carbonyl (C=O) groups excluding carboxylic acids is 1.